The summed E-state index contributed by atoms with van der Waals surface area (Å²) in [6, 6.07) is 8.28. The standard InChI is InChI=1S/C16H13BrClFO2/c17-12-2-1-3-13(19)15(12)14(20)8-10-7-11(18)6-9-4-5-21-16(9)10/h1-3,6-7,14,20H,4-5,8H2. The summed E-state index contributed by atoms with van der Waals surface area (Å²) in [5, 5.41) is 11.0. The summed E-state index contributed by atoms with van der Waals surface area (Å²) in [6.07, 6.45) is 0.0949. The van der Waals surface area contributed by atoms with E-state index in [1.165, 1.54) is 6.07 Å². The lowest BCUT2D eigenvalue weighted by atomic mass is 9.98. The maximum absolute atomic E-state index is 13.9. The van der Waals surface area contributed by atoms with E-state index < -0.39 is 11.9 Å². The molecular weight excluding hydrogens is 359 g/mol. The third kappa shape index (κ3) is 2.93. The van der Waals surface area contributed by atoms with Crippen molar-refractivity contribution in [1.82, 2.24) is 0 Å². The number of hydrogen-bond acceptors (Lipinski definition) is 2. The van der Waals surface area contributed by atoms with Crippen LogP contribution in [0.3, 0.4) is 0 Å². The Morgan fingerprint density at radius 1 is 1.38 bits per heavy atom. The van der Waals surface area contributed by atoms with Gasteiger partial charge in [0.25, 0.3) is 0 Å². The fourth-order valence-corrected chi connectivity index (χ4v) is 3.51. The maximum atomic E-state index is 13.9. The van der Waals surface area contributed by atoms with Crippen LogP contribution < -0.4 is 4.74 Å². The molecule has 1 aliphatic heterocycles. The van der Waals surface area contributed by atoms with E-state index >= 15 is 0 Å². The number of aliphatic hydroxyl groups excluding tert-OH is 1. The van der Waals surface area contributed by atoms with Crippen LogP contribution in [0, 0.1) is 5.82 Å². The lowest BCUT2D eigenvalue weighted by Crippen LogP contribution is -2.06. The summed E-state index contributed by atoms with van der Waals surface area (Å²) >= 11 is 9.38. The van der Waals surface area contributed by atoms with Crippen LogP contribution in [0.15, 0.2) is 34.8 Å². The average Bonchev–Trinajstić information content (AvgIpc) is 2.86. The molecule has 110 valence electrons. The van der Waals surface area contributed by atoms with Crippen LogP contribution in [0.25, 0.3) is 0 Å². The van der Waals surface area contributed by atoms with Crippen LogP contribution in [0.1, 0.15) is 22.8 Å². The monoisotopic (exact) mass is 370 g/mol. The van der Waals surface area contributed by atoms with Crippen LogP contribution in [-0.2, 0) is 12.8 Å². The predicted octanol–water partition coefficient (Wildman–Crippen LogP) is 4.45. The second-order valence-corrected chi connectivity index (χ2v) is 6.30. The molecule has 0 aliphatic carbocycles. The van der Waals surface area contributed by atoms with E-state index in [4.69, 9.17) is 16.3 Å². The second-order valence-electron chi connectivity index (χ2n) is 5.01. The van der Waals surface area contributed by atoms with Crippen molar-refractivity contribution in [2.45, 2.75) is 18.9 Å². The Morgan fingerprint density at radius 2 is 2.19 bits per heavy atom. The molecule has 1 unspecified atom stereocenters. The first kappa shape index (κ1) is 14.8. The van der Waals surface area contributed by atoms with Gasteiger partial charge in [0.05, 0.1) is 12.7 Å². The Bertz CT molecular complexity index is 670. The predicted molar refractivity (Wildman–Crippen MR) is 83.4 cm³/mol. The highest BCUT2D eigenvalue weighted by molar-refractivity contribution is 9.10. The molecule has 1 N–H and O–H groups in total. The molecule has 0 spiro atoms. The largest absolute Gasteiger partial charge is 0.493 e. The van der Waals surface area contributed by atoms with Crippen molar-refractivity contribution in [1.29, 1.82) is 0 Å². The fraction of sp³-hybridized carbons (Fsp3) is 0.250. The van der Waals surface area contributed by atoms with Gasteiger partial charge in [0.1, 0.15) is 11.6 Å². The lowest BCUT2D eigenvalue weighted by molar-refractivity contribution is 0.171. The Balaban J connectivity index is 1.94. The van der Waals surface area contributed by atoms with E-state index in [9.17, 15) is 9.50 Å². The molecule has 21 heavy (non-hydrogen) atoms. The highest BCUT2D eigenvalue weighted by Crippen LogP contribution is 2.36. The van der Waals surface area contributed by atoms with Gasteiger partial charge in [0.15, 0.2) is 0 Å². The van der Waals surface area contributed by atoms with Gasteiger partial charge in [-0.2, -0.15) is 0 Å². The number of benzene rings is 2. The molecule has 0 amide bonds. The van der Waals surface area contributed by atoms with Gasteiger partial charge in [-0.05, 0) is 35.4 Å². The van der Waals surface area contributed by atoms with Gasteiger partial charge in [-0.1, -0.05) is 33.6 Å². The Hall–Kier alpha value is -1.10. The zero-order chi connectivity index (χ0) is 15.0. The molecule has 0 aromatic heterocycles. The smallest absolute Gasteiger partial charge is 0.130 e. The van der Waals surface area contributed by atoms with E-state index in [-0.39, 0.29) is 12.0 Å². The zero-order valence-corrected chi connectivity index (χ0v) is 13.4. The van der Waals surface area contributed by atoms with Gasteiger partial charge >= 0.3 is 0 Å². The van der Waals surface area contributed by atoms with Crippen LogP contribution >= 0.6 is 27.5 Å². The molecule has 0 bridgehead atoms. The molecule has 1 aliphatic rings. The number of hydrogen-bond donors (Lipinski definition) is 1. The van der Waals surface area contributed by atoms with Crippen LogP contribution in [0.5, 0.6) is 5.75 Å². The third-order valence-electron chi connectivity index (χ3n) is 3.57. The average molecular weight is 372 g/mol. The first-order chi connectivity index (χ1) is 10.1. The normalized spacial score (nSPS) is 14.7. The number of fused-ring (bicyclic) bond motifs is 1. The van der Waals surface area contributed by atoms with Crippen LogP contribution in [0.2, 0.25) is 5.02 Å². The minimum Gasteiger partial charge on any atom is -0.493 e. The number of rotatable bonds is 3. The van der Waals surface area contributed by atoms with Crippen molar-refractivity contribution in [2.75, 3.05) is 6.61 Å². The zero-order valence-electron chi connectivity index (χ0n) is 11.1. The summed E-state index contributed by atoms with van der Waals surface area (Å²) < 4.78 is 20.1. The Kier molecular flexibility index (Phi) is 4.20. The molecule has 1 atom stereocenters. The summed E-state index contributed by atoms with van der Waals surface area (Å²) in [5.74, 6) is 0.336. The summed E-state index contributed by atoms with van der Waals surface area (Å²) in [4.78, 5) is 0. The molecular formula is C16H13BrClFO2. The lowest BCUT2D eigenvalue weighted by Gasteiger charge is -2.16. The van der Waals surface area contributed by atoms with E-state index in [0.29, 0.717) is 16.1 Å². The third-order valence-corrected chi connectivity index (χ3v) is 4.48. The van der Waals surface area contributed by atoms with Gasteiger partial charge in [-0.15, -0.1) is 0 Å². The first-order valence-electron chi connectivity index (χ1n) is 6.62. The molecule has 1 heterocycles. The highest BCUT2D eigenvalue weighted by atomic mass is 79.9. The summed E-state index contributed by atoms with van der Waals surface area (Å²) in [6.45, 7) is 0.613. The molecule has 0 fully saturated rings. The summed E-state index contributed by atoms with van der Waals surface area (Å²) in [5.41, 5.74) is 2.10. The highest BCUT2D eigenvalue weighted by Gasteiger charge is 2.22. The van der Waals surface area contributed by atoms with Crippen molar-refractivity contribution in [3.63, 3.8) is 0 Å². The van der Waals surface area contributed by atoms with Crippen molar-refractivity contribution in [3.8, 4) is 5.75 Å². The van der Waals surface area contributed by atoms with E-state index in [2.05, 4.69) is 15.9 Å². The Morgan fingerprint density at radius 3 is 2.95 bits per heavy atom. The van der Waals surface area contributed by atoms with E-state index in [1.807, 2.05) is 6.07 Å². The van der Waals surface area contributed by atoms with Crippen molar-refractivity contribution < 1.29 is 14.2 Å². The SMILES string of the molecule is OC(Cc1cc(Cl)cc2c1OCC2)c1c(F)cccc1Br. The molecule has 2 aromatic carbocycles. The Labute approximate surface area is 135 Å². The van der Waals surface area contributed by atoms with Crippen molar-refractivity contribution in [2.24, 2.45) is 0 Å². The van der Waals surface area contributed by atoms with Gasteiger partial charge in [-0.3, -0.25) is 0 Å². The van der Waals surface area contributed by atoms with Gasteiger partial charge in [-0.25, -0.2) is 4.39 Å². The van der Waals surface area contributed by atoms with Gasteiger partial charge < -0.3 is 9.84 Å². The fourth-order valence-electron chi connectivity index (χ4n) is 2.64. The second kappa shape index (κ2) is 5.95. The molecule has 2 aromatic rings. The topological polar surface area (TPSA) is 29.5 Å². The van der Waals surface area contributed by atoms with Crippen molar-refractivity contribution in [3.05, 3.63) is 62.3 Å². The number of halogens is 3. The first-order valence-corrected chi connectivity index (χ1v) is 7.79. The molecule has 2 nitrogen and oxygen atoms in total. The number of aliphatic hydroxyl groups is 1. The van der Waals surface area contributed by atoms with E-state index in [1.54, 1.807) is 18.2 Å². The van der Waals surface area contributed by atoms with Gasteiger partial charge in [0, 0.05) is 27.9 Å². The molecule has 3 rings (SSSR count). The number of ether oxygens (including phenoxy) is 1. The molecule has 0 saturated carbocycles. The minimum absolute atomic E-state index is 0.252. The van der Waals surface area contributed by atoms with Gasteiger partial charge in [0.2, 0.25) is 0 Å². The van der Waals surface area contributed by atoms with E-state index in [0.717, 1.165) is 23.3 Å². The quantitative estimate of drug-likeness (QED) is 0.863. The maximum Gasteiger partial charge on any atom is 0.130 e. The molecule has 0 saturated heterocycles. The molecule has 5 heteroatoms. The minimum atomic E-state index is -0.965. The van der Waals surface area contributed by atoms with Crippen LogP contribution in [-0.4, -0.2) is 11.7 Å². The summed E-state index contributed by atoms with van der Waals surface area (Å²) in [7, 11) is 0. The molecule has 0 radical (unpaired) electrons. The van der Waals surface area contributed by atoms with Crippen molar-refractivity contribution >= 4 is 27.5 Å². The van der Waals surface area contributed by atoms with Crippen LogP contribution in [0.4, 0.5) is 4.39 Å².